The Bertz CT molecular complexity index is 765. The van der Waals surface area contributed by atoms with Crippen molar-refractivity contribution >= 4 is 0 Å². The van der Waals surface area contributed by atoms with Crippen LogP contribution in [0.25, 0.3) is 22.5 Å². The second-order valence-corrected chi connectivity index (χ2v) is 5.59. The lowest BCUT2D eigenvalue weighted by molar-refractivity contribution is 0.942. The fourth-order valence-corrected chi connectivity index (χ4v) is 3.16. The topological polar surface area (TPSA) is 54.5 Å². The minimum atomic E-state index is 0.876. The third kappa shape index (κ3) is 2.89. The molecule has 0 fully saturated rings. The largest absolute Gasteiger partial charge is 0.265 e. The van der Waals surface area contributed by atoms with Crippen LogP contribution in [-0.4, -0.2) is 20.4 Å². The van der Waals surface area contributed by atoms with Gasteiger partial charge in [0.05, 0.1) is 0 Å². The van der Waals surface area contributed by atoms with Gasteiger partial charge in [-0.15, -0.1) is 0 Å². The molecule has 0 spiro atoms. The molecular weight excluding hydrogens is 284 g/mol. The Balaban J connectivity index is 2.15. The van der Waals surface area contributed by atoms with Crippen molar-refractivity contribution in [2.45, 2.75) is 40.0 Å². The first-order valence-electron chi connectivity index (χ1n) is 8.24. The molecule has 1 N–H and O–H groups in total. The van der Waals surface area contributed by atoms with Gasteiger partial charge in [-0.05, 0) is 60.2 Å². The van der Waals surface area contributed by atoms with E-state index in [0.29, 0.717) is 0 Å². The number of hydrogen-bond acceptors (Lipinski definition) is 3. The molecule has 0 aliphatic carbocycles. The van der Waals surface area contributed by atoms with Crippen molar-refractivity contribution in [3.05, 3.63) is 53.3 Å². The summed E-state index contributed by atoms with van der Waals surface area (Å²) in [4.78, 5) is 4.08. The maximum Gasteiger partial charge on any atom is 0.120 e. The highest BCUT2D eigenvalue weighted by Gasteiger charge is 2.15. The van der Waals surface area contributed by atoms with Gasteiger partial charge in [0.15, 0.2) is 0 Å². The zero-order valence-corrected chi connectivity index (χ0v) is 13.9. The van der Waals surface area contributed by atoms with E-state index in [0.717, 1.165) is 41.8 Å². The van der Waals surface area contributed by atoms with E-state index in [1.54, 1.807) is 12.4 Å². The average Bonchev–Trinajstić information content (AvgIpc) is 3.10. The van der Waals surface area contributed by atoms with Gasteiger partial charge in [0.1, 0.15) is 11.4 Å². The zero-order chi connectivity index (χ0) is 16.2. The van der Waals surface area contributed by atoms with Gasteiger partial charge in [-0.1, -0.05) is 20.8 Å². The maximum absolute atomic E-state index is 4.41. The van der Waals surface area contributed by atoms with Crippen molar-refractivity contribution < 1.29 is 0 Å². The summed E-state index contributed by atoms with van der Waals surface area (Å²) in [5.41, 5.74) is 8.24. The normalized spacial score (nSPS) is 10.9. The van der Waals surface area contributed by atoms with Crippen LogP contribution in [0.15, 0.2) is 36.7 Å². The van der Waals surface area contributed by atoms with Gasteiger partial charge in [0.25, 0.3) is 0 Å². The van der Waals surface area contributed by atoms with Crippen LogP contribution >= 0.6 is 0 Å². The summed E-state index contributed by atoms with van der Waals surface area (Å²) in [5.74, 6) is 0. The SMILES string of the molecule is CCc1cc(-c2n[nH]nc2-c2ccncc2)cc(CC)c1CC. The van der Waals surface area contributed by atoms with E-state index >= 15 is 0 Å². The number of nitrogens with one attached hydrogen (secondary N) is 1. The van der Waals surface area contributed by atoms with Gasteiger partial charge in [-0.3, -0.25) is 4.98 Å². The molecule has 0 bridgehead atoms. The molecule has 0 aliphatic heterocycles. The number of aromatic nitrogens is 4. The Morgan fingerprint density at radius 3 is 1.87 bits per heavy atom. The van der Waals surface area contributed by atoms with Gasteiger partial charge in [-0.2, -0.15) is 15.4 Å². The van der Waals surface area contributed by atoms with E-state index in [-0.39, 0.29) is 0 Å². The molecule has 0 unspecified atom stereocenters. The highest BCUT2D eigenvalue weighted by atomic mass is 15.3. The van der Waals surface area contributed by atoms with Crippen LogP contribution in [0.5, 0.6) is 0 Å². The summed E-state index contributed by atoms with van der Waals surface area (Å²) in [6, 6.07) is 8.45. The highest BCUT2D eigenvalue weighted by molar-refractivity contribution is 5.78. The fraction of sp³-hybridized carbons (Fsp3) is 0.316. The maximum atomic E-state index is 4.41. The Morgan fingerprint density at radius 1 is 0.783 bits per heavy atom. The minimum absolute atomic E-state index is 0.876. The molecule has 0 amide bonds. The monoisotopic (exact) mass is 306 g/mol. The fourth-order valence-electron chi connectivity index (χ4n) is 3.16. The average molecular weight is 306 g/mol. The summed E-state index contributed by atoms with van der Waals surface area (Å²) in [5, 5.41) is 11.5. The molecule has 118 valence electrons. The number of benzene rings is 1. The summed E-state index contributed by atoms with van der Waals surface area (Å²) >= 11 is 0. The molecular formula is C19H22N4. The van der Waals surface area contributed by atoms with Gasteiger partial charge in [0.2, 0.25) is 0 Å². The summed E-state index contributed by atoms with van der Waals surface area (Å²) < 4.78 is 0. The lowest BCUT2D eigenvalue weighted by atomic mass is 9.91. The van der Waals surface area contributed by atoms with E-state index in [2.05, 4.69) is 53.3 Å². The van der Waals surface area contributed by atoms with E-state index < -0.39 is 0 Å². The van der Waals surface area contributed by atoms with E-state index in [9.17, 15) is 0 Å². The first-order valence-corrected chi connectivity index (χ1v) is 8.24. The highest BCUT2D eigenvalue weighted by Crippen LogP contribution is 2.31. The van der Waals surface area contributed by atoms with Crippen molar-refractivity contribution in [1.29, 1.82) is 0 Å². The van der Waals surface area contributed by atoms with E-state index in [1.807, 2.05) is 12.1 Å². The molecule has 4 nitrogen and oxygen atoms in total. The Morgan fingerprint density at radius 2 is 1.35 bits per heavy atom. The molecule has 0 aliphatic rings. The van der Waals surface area contributed by atoms with Gasteiger partial charge < -0.3 is 0 Å². The number of hydrogen-bond donors (Lipinski definition) is 1. The molecule has 1 aromatic carbocycles. The van der Waals surface area contributed by atoms with Crippen LogP contribution < -0.4 is 0 Å². The molecule has 2 heterocycles. The number of H-pyrrole nitrogens is 1. The van der Waals surface area contributed by atoms with Crippen molar-refractivity contribution in [1.82, 2.24) is 20.4 Å². The molecule has 0 atom stereocenters. The predicted octanol–water partition coefficient (Wildman–Crippen LogP) is 4.22. The lowest BCUT2D eigenvalue weighted by Crippen LogP contribution is -1.99. The van der Waals surface area contributed by atoms with Crippen LogP contribution in [0.1, 0.15) is 37.5 Å². The molecule has 0 radical (unpaired) electrons. The van der Waals surface area contributed by atoms with Crippen molar-refractivity contribution in [2.24, 2.45) is 0 Å². The van der Waals surface area contributed by atoms with Gasteiger partial charge >= 0.3 is 0 Å². The van der Waals surface area contributed by atoms with E-state index in [4.69, 9.17) is 0 Å². The smallest absolute Gasteiger partial charge is 0.120 e. The Kier molecular flexibility index (Phi) is 4.51. The first kappa shape index (κ1) is 15.4. The molecule has 0 saturated carbocycles. The number of pyridine rings is 1. The van der Waals surface area contributed by atoms with Gasteiger partial charge in [0, 0.05) is 23.5 Å². The number of nitrogens with zero attached hydrogens (tertiary/aromatic N) is 3. The Hall–Kier alpha value is -2.49. The second kappa shape index (κ2) is 6.73. The standard InChI is InChI=1S/C19H22N4/c1-4-13-11-16(12-14(5-2)17(13)6-3)19-18(21-23-22-19)15-7-9-20-10-8-15/h7-12H,4-6H2,1-3H3,(H,21,22,23). The van der Waals surface area contributed by atoms with E-state index in [1.165, 1.54) is 16.7 Å². The summed E-state index contributed by atoms with van der Waals surface area (Å²) in [6.07, 6.45) is 6.70. The third-order valence-corrected chi connectivity index (χ3v) is 4.33. The van der Waals surface area contributed by atoms with Crippen LogP contribution in [0.3, 0.4) is 0 Å². The summed E-state index contributed by atoms with van der Waals surface area (Å²) in [6.45, 7) is 6.65. The molecule has 23 heavy (non-hydrogen) atoms. The minimum Gasteiger partial charge on any atom is -0.265 e. The number of aromatic amines is 1. The van der Waals surface area contributed by atoms with Crippen LogP contribution in [0.4, 0.5) is 0 Å². The van der Waals surface area contributed by atoms with Crippen LogP contribution in [0, 0.1) is 0 Å². The molecule has 0 saturated heterocycles. The first-order chi connectivity index (χ1) is 11.3. The van der Waals surface area contributed by atoms with Crippen molar-refractivity contribution in [3.63, 3.8) is 0 Å². The molecule has 2 aromatic heterocycles. The third-order valence-electron chi connectivity index (χ3n) is 4.33. The summed E-state index contributed by atoms with van der Waals surface area (Å²) in [7, 11) is 0. The quantitative estimate of drug-likeness (QED) is 0.768. The lowest BCUT2D eigenvalue weighted by Gasteiger charge is -2.14. The van der Waals surface area contributed by atoms with Crippen LogP contribution in [0.2, 0.25) is 0 Å². The van der Waals surface area contributed by atoms with Crippen molar-refractivity contribution in [3.8, 4) is 22.5 Å². The number of rotatable bonds is 5. The second-order valence-electron chi connectivity index (χ2n) is 5.59. The Labute approximate surface area is 137 Å². The van der Waals surface area contributed by atoms with Gasteiger partial charge in [-0.25, -0.2) is 0 Å². The number of aryl methyl sites for hydroxylation is 2. The van der Waals surface area contributed by atoms with Crippen LogP contribution in [-0.2, 0) is 19.3 Å². The van der Waals surface area contributed by atoms with Crippen molar-refractivity contribution in [2.75, 3.05) is 0 Å². The molecule has 3 aromatic rings. The predicted molar refractivity (Wildman–Crippen MR) is 93.2 cm³/mol. The zero-order valence-electron chi connectivity index (χ0n) is 13.9. The molecule has 4 heteroatoms. The molecule has 3 rings (SSSR count).